The summed E-state index contributed by atoms with van der Waals surface area (Å²) in [7, 11) is 1.55. The van der Waals surface area contributed by atoms with Gasteiger partial charge < -0.3 is 24.0 Å². The summed E-state index contributed by atoms with van der Waals surface area (Å²) in [6, 6.07) is 13.3. The molecule has 1 atom stereocenters. The average Bonchev–Trinajstić information content (AvgIpc) is 3.47. The van der Waals surface area contributed by atoms with E-state index in [4.69, 9.17) is 9.47 Å². The van der Waals surface area contributed by atoms with E-state index in [9.17, 15) is 14.7 Å². The SMILES string of the molecule is CCOc1ccc([C@H]2/C(=C(\O)c3ccc(OC)cc3)C(=O)C(=O)N2CCCn2ccnc2)cc1. The van der Waals surface area contributed by atoms with Crippen molar-refractivity contribution in [3.63, 3.8) is 0 Å². The number of aliphatic hydroxyl groups is 1. The van der Waals surface area contributed by atoms with Crippen molar-refractivity contribution in [3.05, 3.63) is 84.0 Å². The zero-order valence-electron chi connectivity index (χ0n) is 19.2. The van der Waals surface area contributed by atoms with E-state index >= 15 is 0 Å². The highest BCUT2D eigenvalue weighted by atomic mass is 16.5. The van der Waals surface area contributed by atoms with Gasteiger partial charge in [0.2, 0.25) is 0 Å². The summed E-state index contributed by atoms with van der Waals surface area (Å²) in [6.45, 7) is 3.43. The molecule has 3 aromatic rings. The Morgan fingerprint density at radius 3 is 2.35 bits per heavy atom. The highest BCUT2D eigenvalue weighted by molar-refractivity contribution is 6.46. The van der Waals surface area contributed by atoms with Crippen LogP contribution >= 0.6 is 0 Å². The molecule has 0 radical (unpaired) electrons. The lowest BCUT2D eigenvalue weighted by molar-refractivity contribution is -0.139. The number of methoxy groups -OCH3 is 1. The number of carbonyl (C=O) groups is 2. The molecule has 1 aromatic heterocycles. The molecule has 0 bridgehead atoms. The third-order valence-corrected chi connectivity index (χ3v) is 5.78. The number of amides is 1. The molecule has 1 N–H and O–H groups in total. The predicted molar refractivity (Wildman–Crippen MR) is 126 cm³/mol. The quantitative estimate of drug-likeness (QED) is 0.296. The normalized spacial score (nSPS) is 17.2. The average molecular weight is 462 g/mol. The molecule has 0 spiro atoms. The van der Waals surface area contributed by atoms with Crippen LogP contribution in [0.15, 0.2) is 72.8 Å². The summed E-state index contributed by atoms with van der Waals surface area (Å²) in [4.78, 5) is 31.8. The van der Waals surface area contributed by atoms with Crippen molar-refractivity contribution in [2.45, 2.75) is 25.9 Å². The Bertz CT molecular complexity index is 1170. The van der Waals surface area contributed by atoms with Gasteiger partial charge in [-0.2, -0.15) is 0 Å². The van der Waals surface area contributed by atoms with Crippen molar-refractivity contribution in [2.24, 2.45) is 0 Å². The van der Waals surface area contributed by atoms with Gasteiger partial charge in [-0.05, 0) is 55.3 Å². The van der Waals surface area contributed by atoms with Gasteiger partial charge in [0.15, 0.2) is 0 Å². The molecule has 176 valence electrons. The second-order valence-corrected chi connectivity index (χ2v) is 7.88. The van der Waals surface area contributed by atoms with Gasteiger partial charge in [-0.1, -0.05) is 12.1 Å². The number of likely N-dealkylation sites (tertiary alicyclic amines) is 1. The van der Waals surface area contributed by atoms with E-state index in [2.05, 4.69) is 4.98 Å². The first-order valence-corrected chi connectivity index (χ1v) is 11.1. The first-order valence-electron chi connectivity index (χ1n) is 11.1. The monoisotopic (exact) mass is 461 g/mol. The molecule has 34 heavy (non-hydrogen) atoms. The number of Topliss-reactive ketones (excluding diaryl/α,β-unsaturated/α-hetero) is 1. The van der Waals surface area contributed by atoms with Gasteiger partial charge in [-0.15, -0.1) is 0 Å². The van der Waals surface area contributed by atoms with E-state index in [1.807, 2.05) is 29.8 Å². The number of carbonyl (C=O) groups excluding carboxylic acids is 2. The lowest BCUT2D eigenvalue weighted by atomic mass is 9.95. The molecule has 1 saturated heterocycles. The Balaban J connectivity index is 1.71. The van der Waals surface area contributed by atoms with Crippen LogP contribution in [0.5, 0.6) is 11.5 Å². The molecule has 8 nitrogen and oxygen atoms in total. The lowest BCUT2D eigenvalue weighted by Crippen LogP contribution is -2.31. The van der Waals surface area contributed by atoms with Gasteiger partial charge in [0.25, 0.3) is 11.7 Å². The highest BCUT2D eigenvalue weighted by Gasteiger charge is 2.45. The van der Waals surface area contributed by atoms with Crippen molar-refractivity contribution < 1.29 is 24.2 Å². The minimum Gasteiger partial charge on any atom is -0.507 e. The Kier molecular flexibility index (Phi) is 6.96. The molecule has 1 aliphatic heterocycles. The number of aryl methyl sites for hydroxylation is 1. The van der Waals surface area contributed by atoms with E-state index in [1.54, 1.807) is 56.0 Å². The Labute approximate surface area is 198 Å². The second kappa shape index (κ2) is 10.2. The standard InChI is InChI=1S/C26H27N3O5/c1-3-34-21-11-5-18(6-12-21)23-22(24(30)19-7-9-20(33-2)10-8-19)25(31)26(32)29(23)15-4-14-28-16-13-27-17-28/h5-13,16-17,23,30H,3-4,14-15H2,1-2H3/b24-22+/t23-/m0/s1. The molecule has 1 fully saturated rings. The molecule has 8 heteroatoms. The maximum absolute atomic E-state index is 13.1. The third-order valence-electron chi connectivity index (χ3n) is 5.78. The zero-order valence-corrected chi connectivity index (χ0v) is 19.2. The topological polar surface area (TPSA) is 93.9 Å². The number of rotatable bonds is 9. The molecule has 1 amide bonds. The van der Waals surface area contributed by atoms with Crippen LogP contribution in [0.25, 0.3) is 5.76 Å². The van der Waals surface area contributed by atoms with Crippen molar-refractivity contribution >= 4 is 17.4 Å². The van der Waals surface area contributed by atoms with E-state index in [0.29, 0.717) is 43.2 Å². The molecule has 0 unspecified atom stereocenters. The number of aliphatic hydroxyl groups excluding tert-OH is 1. The minimum absolute atomic E-state index is 0.0713. The van der Waals surface area contributed by atoms with E-state index < -0.39 is 17.7 Å². The molecular formula is C26H27N3O5. The van der Waals surface area contributed by atoms with Crippen LogP contribution < -0.4 is 9.47 Å². The summed E-state index contributed by atoms with van der Waals surface area (Å²) < 4.78 is 12.6. The number of benzene rings is 2. The van der Waals surface area contributed by atoms with Crippen LogP contribution in [0.4, 0.5) is 0 Å². The molecule has 4 rings (SSSR count). The van der Waals surface area contributed by atoms with Crippen LogP contribution in [0, 0.1) is 0 Å². The molecule has 0 saturated carbocycles. The summed E-state index contributed by atoms with van der Waals surface area (Å²) in [6.07, 6.45) is 5.88. The van der Waals surface area contributed by atoms with Crippen LogP contribution in [0.2, 0.25) is 0 Å². The Morgan fingerprint density at radius 1 is 1.03 bits per heavy atom. The Hall–Kier alpha value is -4.07. The molecule has 0 aliphatic carbocycles. The summed E-state index contributed by atoms with van der Waals surface area (Å²) in [5, 5.41) is 11.1. The molecule has 2 heterocycles. The van der Waals surface area contributed by atoms with Crippen molar-refractivity contribution in [2.75, 3.05) is 20.3 Å². The Morgan fingerprint density at radius 2 is 1.74 bits per heavy atom. The maximum Gasteiger partial charge on any atom is 0.295 e. The second-order valence-electron chi connectivity index (χ2n) is 7.88. The smallest absolute Gasteiger partial charge is 0.295 e. The van der Waals surface area contributed by atoms with E-state index in [0.717, 1.165) is 5.56 Å². The number of ether oxygens (including phenoxy) is 2. The van der Waals surface area contributed by atoms with Crippen LogP contribution in [0.1, 0.15) is 30.5 Å². The number of hydrogen-bond donors (Lipinski definition) is 1. The van der Waals surface area contributed by atoms with Gasteiger partial charge in [0.1, 0.15) is 17.3 Å². The maximum atomic E-state index is 13.1. The summed E-state index contributed by atoms with van der Waals surface area (Å²) in [5.41, 5.74) is 1.23. The minimum atomic E-state index is -0.708. The van der Waals surface area contributed by atoms with E-state index in [-0.39, 0.29) is 11.3 Å². The number of aromatic nitrogens is 2. The first kappa shape index (κ1) is 23.1. The number of nitrogens with zero attached hydrogens (tertiary/aromatic N) is 3. The number of hydrogen-bond acceptors (Lipinski definition) is 6. The molecule has 1 aliphatic rings. The molecule has 2 aromatic carbocycles. The largest absolute Gasteiger partial charge is 0.507 e. The fourth-order valence-corrected chi connectivity index (χ4v) is 4.12. The van der Waals surface area contributed by atoms with Crippen molar-refractivity contribution in [1.82, 2.24) is 14.5 Å². The predicted octanol–water partition coefficient (Wildman–Crippen LogP) is 3.80. The van der Waals surface area contributed by atoms with Gasteiger partial charge >= 0.3 is 0 Å². The van der Waals surface area contributed by atoms with Gasteiger partial charge in [0, 0.05) is 31.0 Å². The van der Waals surface area contributed by atoms with Gasteiger partial charge in [0.05, 0.1) is 31.7 Å². The van der Waals surface area contributed by atoms with Crippen LogP contribution in [-0.4, -0.2) is 51.5 Å². The van der Waals surface area contributed by atoms with Gasteiger partial charge in [-0.3, -0.25) is 9.59 Å². The van der Waals surface area contributed by atoms with Crippen LogP contribution in [0.3, 0.4) is 0 Å². The fourth-order valence-electron chi connectivity index (χ4n) is 4.12. The van der Waals surface area contributed by atoms with E-state index in [1.165, 1.54) is 4.90 Å². The first-order chi connectivity index (χ1) is 16.5. The summed E-state index contributed by atoms with van der Waals surface area (Å²) >= 11 is 0. The van der Waals surface area contributed by atoms with Crippen molar-refractivity contribution in [3.8, 4) is 11.5 Å². The lowest BCUT2D eigenvalue weighted by Gasteiger charge is -2.25. The summed E-state index contributed by atoms with van der Waals surface area (Å²) in [5.74, 6) is -0.218. The number of ketones is 1. The van der Waals surface area contributed by atoms with Gasteiger partial charge in [-0.25, -0.2) is 4.98 Å². The third kappa shape index (κ3) is 4.66. The number of imidazole rings is 1. The fraction of sp³-hybridized carbons (Fsp3) is 0.269. The molecular weight excluding hydrogens is 434 g/mol. The highest BCUT2D eigenvalue weighted by Crippen LogP contribution is 2.40. The van der Waals surface area contributed by atoms with Crippen molar-refractivity contribution in [1.29, 1.82) is 0 Å². The zero-order chi connectivity index (χ0) is 24.1. The van der Waals surface area contributed by atoms with Crippen LogP contribution in [-0.2, 0) is 16.1 Å².